The number of nitrogens with one attached hydrogen (secondary N) is 1. The van der Waals surface area contributed by atoms with E-state index in [-0.39, 0.29) is 24.4 Å². The van der Waals surface area contributed by atoms with Crippen LogP contribution in [-0.2, 0) is 9.59 Å². The van der Waals surface area contributed by atoms with Gasteiger partial charge in [0.2, 0.25) is 11.8 Å². The van der Waals surface area contributed by atoms with Gasteiger partial charge in [-0.15, -0.1) is 0 Å². The molecule has 0 unspecified atom stereocenters. The Morgan fingerprint density at radius 1 is 1.43 bits per heavy atom. The van der Waals surface area contributed by atoms with Crippen LogP contribution in [-0.4, -0.2) is 46.2 Å². The number of hydrogen-bond acceptors (Lipinski definition) is 5. The van der Waals surface area contributed by atoms with Gasteiger partial charge in [-0.3, -0.25) is 24.6 Å². The van der Waals surface area contributed by atoms with E-state index < -0.39 is 29.0 Å². The van der Waals surface area contributed by atoms with E-state index in [0.29, 0.717) is 0 Å². The lowest BCUT2D eigenvalue weighted by atomic mass is 9.97. The Bertz CT molecular complexity index is 627. The van der Waals surface area contributed by atoms with Crippen molar-refractivity contribution in [1.82, 2.24) is 10.2 Å². The molecule has 0 bridgehead atoms. The van der Waals surface area contributed by atoms with Crippen LogP contribution in [0.3, 0.4) is 0 Å². The summed E-state index contributed by atoms with van der Waals surface area (Å²) in [6, 6.07) is 3.05. The summed E-state index contributed by atoms with van der Waals surface area (Å²) in [6.07, 6.45) is 0. The van der Waals surface area contributed by atoms with E-state index in [1.165, 1.54) is 4.90 Å². The Morgan fingerprint density at radius 2 is 2.10 bits per heavy atom. The number of phenols is 1. The van der Waals surface area contributed by atoms with Crippen molar-refractivity contribution >= 4 is 17.6 Å². The van der Waals surface area contributed by atoms with Gasteiger partial charge in [-0.05, 0) is 32.0 Å². The maximum atomic E-state index is 13.2. The molecule has 1 heterocycles. The average molecular weight is 294 g/mol. The lowest BCUT2D eigenvalue weighted by Gasteiger charge is -2.39. The molecule has 0 spiro atoms. The molecule has 0 atom stereocenters. The van der Waals surface area contributed by atoms with E-state index in [0.717, 1.165) is 18.2 Å². The third-order valence-corrected chi connectivity index (χ3v) is 3.53. The minimum Gasteiger partial charge on any atom is -0.507 e. The van der Waals surface area contributed by atoms with Crippen LogP contribution in [0, 0.1) is 5.82 Å². The molecule has 0 saturated carbocycles. The van der Waals surface area contributed by atoms with Gasteiger partial charge in [0.15, 0.2) is 5.78 Å². The van der Waals surface area contributed by atoms with Crippen LogP contribution in [0.1, 0.15) is 24.2 Å². The molecular weight excluding hydrogens is 279 g/mol. The minimum absolute atomic E-state index is 0.124. The fourth-order valence-electron chi connectivity index (χ4n) is 2.08. The van der Waals surface area contributed by atoms with Gasteiger partial charge < -0.3 is 5.11 Å². The molecule has 1 aromatic carbocycles. The summed E-state index contributed by atoms with van der Waals surface area (Å²) >= 11 is 0. The van der Waals surface area contributed by atoms with Gasteiger partial charge >= 0.3 is 0 Å². The maximum absolute atomic E-state index is 13.2. The van der Waals surface area contributed by atoms with Gasteiger partial charge in [0, 0.05) is 0 Å². The summed E-state index contributed by atoms with van der Waals surface area (Å²) in [7, 11) is 0. The van der Waals surface area contributed by atoms with Crippen LogP contribution in [0.4, 0.5) is 4.39 Å². The molecule has 7 heteroatoms. The quantitative estimate of drug-likeness (QED) is 0.624. The third kappa shape index (κ3) is 2.92. The average Bonchev–Trinajstić information content (AvgIpc) is 2.38. The fourth-order valence-corrected chi connectivity index (χ4v) is 2.08. The van der Waals surface area contributed by atoms with Gasteiger partial charge in [-0.1, -0.05) is 0 Å². The number of rotatable bonds is 3. The topological polar surface area (TPSA) is 86.7 Å². The van der Waals surface area contributed by atoms with E-state index in [1.807, 2.05) is 0 Å². The Balaban J connectivity index is 2.24. The highest BCUT2D eigenvalue weighted by atomic mass is 19.1. The number of hydrogen-bond donors (Lipinski definition) is 2. The normalized spacial score (nSPS) is 18.4. The maximum Gasteiger partial charge on any atom is 0.246 e. The lowest BCUT2D eigenvalue weighted by molar-refractivity contribution is -0.144. The molecule has 1 aliphatic heterocycles. The predicted octanol–water partition coefficient (Wildman–Crippen LogP) is 0.451. The number of piperazine rings is 1. The standard InChI is InChI=1S/C14H15FN2O4/c1-14(2)13(21)16-12(20)7-17(14)6-11(19)9-5-8(15)3-4-10(9)18/h3-5,18H,6-7H2,1-2H3,(H,16,20,21). The number of halogens is 1. The zero-order valence-corrected chi connectivity index (χ0v) is 11.6. The first-order valence-corrected chi connectivity index (χ1v) is 6.33. The van der Waals surface area contributed by atoms with Gasteiger partial charge in [0.05, 0.1) is 24.2 Å². The van der Waals surface area contributed by atoms with E-state index in [1.54, 1.807) is 13.8 Å². The van der Waals surface area contributed by atoms with E-state index >= 15 is 0 Å². The highest BCUT2D eigenvalue weighted by Crippen LogP contribution is 2.22. The van der Waals surface area contributed by atoms with Gasteiger partial charge in [-0.2, -0.15) is 0 Å². The number of aromatic hydroxyl groups is 1. The molecule has 6 nitrogen and oxygen atoms in total. The van der Waals surface area contributed by atoms with Crippen molar-refractivity contribution in [3.63, 3.8) is 0 Å². The zero-order valence-electron chi connectivity index (χ0n) is 11.6. The molecule has 2 amide bonds. The monoisotopic (exact) mass is 294 g/mol. The second-order valence-corrected chi connectivity index (χ2v) is 5.38. The molecule has 1 fully saturated rings. The largest absolute Gasteiger partial charge is 0.507 e. The number of benzene rings is 1. The molecule has 0 radical (unpaired) electrons. The van der Waals surface area contributed by atoms with Crippen LogP contribution in [0.25, 0.3) is 0 Å². The predicted molar refractivity (Wildman–Crippen MR) is 71.2 cm³/mol. The first-order chi connectivity index (χ1) is 9.71. The van der Waals surface area contributed by atoms with Gasteiger partial charge in [0.1, 0.15) is 11.6 Å². The molecule has 2 N–H and O–H groups in total. The van der Waals surface area contributed by atoms with Crippen molar-refractivity contribution in [2.75, 3.05) is 13.1 Å². The van der Waals surface area contributed by atoms with E-state index in [4.69, 9.17) is 0 Å². The van der Waals surface area contributed by atoms with Gasteiger partial charge in [0.25, 0.3) is 0 Å². The first kappa shape index (κ1) is 15.1. The summed E-state index contributed by atoms with van der Waals surface area (Å²) < 4.78 is 13.2. The van der Waals surface area contributed by atoms with Crippen molar-refractivity contribution in [1.29, 1.82) is 0 Å². The van der Waals surface area contributed by atoms with E-state index in [2.05, 4.69) is 5.32 Å². The Labute approximate surface area is 120 Å². The van der Waals surface area contributed by atoms with Crippen LogP contribution < -0.4 is 5.32 Å². The number of amides is 2. The number of Topliss-reactive ketones (excluding diaryl/α,β-unsaturated/α-hetero) is 1. The number of nitrogens with zero attached hydrogens (tertiary/aromatic N) is 1. The minimum atomic E-state index is -1.05. The highest BCUT2D eigenvalue weighted by Gasteiger charge is 2.41. The second-order valence-electron chi connectivity index (χ2n) is 5.38. The third-order valence-electron chi connectivity index (χ3n) is 3.53. The summed E-state index contributed by atoms with van der Waals surface area (Å²) in [5.74, 6) is -2.57. The summed E-state index contributed by atoms with van der Waals surface area (Å²) in [5.41, 5.74) is -1.23. The van der Waals surface area contributed by atoms with Crippen molar-refractivity contribution in [3.05, 3.63) is 29.6 Å². The van der Waals surface area contributed by atoms with Crippen molar-refractivity contribution in [2.45, 2.75) is 19.4 Å². The molecular formula is C14H15FN2O4. The van der Waals surface area contributed by atoms with Crippen molar-refractivity contribution < 1.29 is 23.9 Å². The first-order valence-electron chi connectivity index (χ1n) is 6.33. The molecule has 0 aliphatic carbocycles. The molecule has 0 aromatic heterocycles. The zero-order chi connectivity index (χ0) is 15.8. The number of carbonyl (C=O) groups is 3. The molecule has 1 aliphatic rings. The van der Waals surface area contributed by atoms with Crippen LogP contribution in [0.5, 0.6) is 5.75 Å². The second kappa shape index (κ2) is 5.25. The van der Waals surface area contributed by atoms with Crippen LogP contribution >= 0.6 is 0 Å². The van der Waals surface area contributed by atoms with Crippen molar-refractivity contribution in [3.8, 4) is 5.75 Å². The molecule has 21 heavy (non-hydrogen) atoms. The number of ketones is 1. The van der Waals surface area contributed by atoms with Crippen LogP contribution in [0.15, 0.2) is 18.2 Å². The fraction of sp³-hybridized carbons (Fsp3) is 0.357. The Kier molecular flexibility index (Phi) is 3.78. The van der Waals surface area contributed by atoms with Crippen LogP contribution in [0.2, 0.25) is 0 Å². The Morgan fingerprint density at radius 3 is 2.76 bits per heavy atom. The lowest BCUT2D eigenvalue weighted by Crippen LogP contribution is -2.64. The molecule has 1 saturated heterocycles. The number of carbonyl (C=O) groups excluding carboxylic acids is 3. The molecule has 1 aromatic rings. The van der Waals surface area contributed by atoms with Crippen molar-refractivity contribution in [2.24, 2.45) is 0 Å². The highest BCUT2D eigenvalue weighted by molar-refractivity contribution is 6.05. The summed E-state index contributed by atoms with van der Waals surface area (Å²) in [6.45, 7) is 2.75. The number of phenolic OH excluding ortho intramolecular Hbond substituents is 1. The summed E-state index contributed by atoms with van der Waals surface area (Å²) in [4.78, 5) is 36.8. The Hall–Kier alpha value is -2.28. The van der Waals surface area contributed by atoms with E-state index in [9.17, 15) is 23.9 Å². The smallest absolute Gasteiger partial charge is 0.246 e. The SMILES string of the molecule is CC1(C)C(=O)NC(=O)CN1CC(=O)c1cc(F)ccc1O. The van der Waals surface area contributed by atoms with Gasteiger partial charge in [-0.25, -0.2) is 4.39 Å². The molecule has 2 rings (SSSR count). The number of imide groups is 1. The molecule has 112 valence electrons. The summed E-state index contributed by atoms with van der Waals surface area (Å²) in [5, 5.41) is 11.8.